The summed E-state index contributed by atoms with van der Waals surface area (Å²) in [7, 11) is 0. The molecule has 0 heterocycles. The zero-order chi connectivity index (χ0) is 14.5. The van der Waals surface area contributed by atoms with Crippen LogP contribution in [0.4, 0.5) is 0 Å². The van der Waals surface area contributed by atoms with E-state index in [9.17, 15) is 9.90 Å². The van der Waals surface area contributed by atoms with E-state index in [2.05, 4.69) is 5.32 Å². The minimum Gasteiger partial charge on any atom is -0.393 e. The van der Waals surface area contributed by atoms with Gasteiger partial charge in [-0.2, -0.15) is 0 Å². The average molecular weight is 306 g/mol. The van der Waals surface area contributed by atoms with E-state index in [0.29, 0.717) is 16.5 Å². The summed E-state index contributed by atoms with van der Waals surface area (Å²) in [6, 6.07) is 5.13. The molecule has 0 radical (unpaired) electrons. The number of aryl methyl sites for hydroxylation is 1. The Hall–Kier alpha value is -0.810. The van der Waals surface area contributed by atoms with Gasteiger partial charge < -0.3 is 15.5 Å². The lowest BCUT2D eigenvalue weighted by Gasteiger charge is -2.20. The highest BCUT2D eigenvalue weighted by molar-refractivity contribution is 6.35. The van der Waals surface area contributed by atoms with Crippen molar-refractivity contribution in [2.24, 2.45) is 0 Å². The number of aliphatic hydroxyl groups excluding tert-OH is 1. The van der Waals surface area contributed by atoms with Gasteiger partial charge in [-0.25, -0.2) is 0 Å². The van der Waals surface area contributed by atoms with E-state index < -0.39 is 12.2 Å². The first kappa shape index (κ1) is 16.2. The molecule has 1 rings (SSSR count). The van der Waals surface area contributed by atoms with E-state index in [1.807, 2.05) is 0 Å². The molecule has 1 aromatic carbocycles. The number of hydrogen-bond acceptors (Lipinski definition) is 3. The number of nitrogens with one attached hydrogen (secondary N) is 1. The summed E-state index contributed by atoms with van der Waals surface area (Å²) in [5.41, 5.74) is -0.455. The van der Waals surface area contributed by atoms with Crippen LogP contribution in [0.2, 0.25) is 10.0 Å². The number of amides is 1. The maximum atomic E-state index is 11.6. The van der Waals surface area contributed by atoms with Crippen molar-refractivity contribution in [3.63, 3.8) is 0 Å². The van der Waals surface area contributed by atoms with Crippen LogP contribution in [0.15, 0.2) is 18.2 Å². The summed E-state index contributed by atoms with van der Waals surface area (Å²) in [6.45, 7) is 1.05. The third-order valence-electron chi connectivity index (χ3n) is 2.64. The zero-order valence-electron chi connectivity index (χ0n) is 10.6. The molecule has 1 atom stereocenters. The van der Waals surface area contributed by atoms with Gasteiger partial charge in [-0.05, 0) is 31.0 Å². The van der Waals surface area contributed by atoms with Crippen molar-refractivity contribution >= 4 is 29.1 Å². The molecule has 0 aromatic heterocycles. The number of aliphatic hydroxyl groups is 2. The first-order chi connectivity index (χ1) is 8.84. The van der Waals surface area contributed by atoms with Crippen molar-refractivity contribution in [3.8, 4) is 0 Å². The molecule has 0 spiro atoms. The highest BCUT2D eigenvalue weighted by Crippen LogP contribution is 2.21. The molecular formula is C13H17Cl2NO3. The molecule has 6 heteroatoms. The number of carbonyl (C=O) groups excluding carboxylic acids is 1. The Balaban J connectivity index is 2.42. The number of rotatable bonds is 6. The van der Waals surface area contributed by atoms with Gasteiger partial charge in [0.2, 0.25) is 5.91 Å². The molecule has 0 aliphatic carbocycles. The number of halogens is 2. The van der Waals surface area contributed by atoms with Crippen molar-refractivity contribution in [1.82, 2.24) is 5.32 Å². The van der Waals surface area contributed by atoms with Gasteiger partial charge in [0, 0.05) is 23.0 Å². The topological polar surface area (TPSA) is 69.6 Å². The lowest BCUT2D eigenvalue weighted by atomic mass is 10.1. The van der Waals surface area contributed by atoms with E-state index in [-0.39, 0.29) is 18.9 Å². The predicted octanol–water partition coefficient (Wildman–Crippen LogP) is 1.79. The Kier molecular flexibility index (Phi) is 6.07. The minimum absolute atomic E-state index is 0.0106. The lowest BCUT2D eigenvalue weighted by molar-refractivity contribution is -0.122. The smallest absolute Gasteiger partial charge is 0.220 e. The second-order valence-electron chi connectivity index (χ2n) is 4.67. The molecule has 19 heavy (non-hydrogen) atoms. The molecule has 4 nitrogen and oxygen atoms in total. The molecule has 0 bridgehead atoms. The average Bonchev–Trinajstić information content (AvgIpc) is 2.35. The van der Waals surface area contributed by atoms with E-state index in [4.69, 9.17) is 28.3 Å². The highest BCUT2D eigenvalue weighted by Gasteiger charge is 2.19. The SMILES string of the molecule is CC(O)(CO)CNC(=O)CCc1ccc(Cl)cc1Cl. The standard InChI is InChI=1S/C13H17Cl2NO3/c1-13(19,8-17)7-16-12(18)5-3-9-2-4-10(14)6-11(9)15/h2,4,6,17,19H,3,5,7-8H2,1H3,(H,16,18). The maximum absolute atomic E-state index is 11.6. The Morgan fingerprint density at radius 2 is 2.11 bits per heavy atom. The van der Waals surface area contributed by atoms with E-state index in [1.54, 1.807) is 18.2 Å². The predicted molar refractivity (Wildman–Crippen MR) is 75.5 cm³/mol. The van der Waals surface area contributed by atoms with Crippen LogP contribution in [0.3, 0.4) is 0 Å². The minimum atomic E-state index is -1.30. The van der Waals surface area contributed by atoms with Crippen molar-refractivity contribution < 1.29 is 15.0 Å². The van der Waals surface area contributed by atoms with Gasteiger partial charge in [0.05, 0.1) is 6.61 Å². The van der Waals surface area contributed by atoms with Crippen LogP contribution in [0.5, 0.6) is 0 Å². The molecular weight excluding hydrogens is 289 g/mol. The molecule has 0 aliphatic rings. The Morgan fingerprint density at radius 1 is 1.42 bits per heavy atom. The fourth-order valence-corrected chi connectivity index (χ4v) is 1.91. The third kappa shape index (κ3) is 5.78. The van der Waals surface area contributed by atoms with Gasteiger partial charge in [0.1, 0.15) is 5.60 Å². The van der Waals surface area contributed by atoms with Crippen LogP contribution in [0, 0.1) is 0 Å². The van der Waals surface area contributed by atoms with Gasteiger partial charge >= 0.3 is 0 Å². The summed E-state index contributed by atoms with van der Waals surface area (Å²) in [5.74, 6) is -0.209. The second-order valence-corrected chi connectivity index (χ2v) is 5.51. The van der Waals surface area contributed by atoms with Gasteiger partial charge in [0.25, 0.3) is 0 Å². The van der Waals surface area contributed by atoms with Crippen LogP contribution < -0.4 is 5.32 Å². The van der Waals surface area contributed by atoms with Crippen molar-refractivity contribution in [1.29, 1.82) is 0 Å². The second kappa shape index (κ2) is 7.10. The molecule has 1 amide bonds. The van der Waals surface area contributed by atoms with E-state index >= 15 is 0 Å². The summed E-state index contributed by atoms with van der Waals surface area (Å²) in [6.07, 6.45) is 0.742. The number of carbonyl (C=O) groups is 1. The lowest BCUT2D eigenvalue weighted by Crippen LogP contribution is -2.43. The normalized spacial score (nSPS) is 13.9. The monoisotopic (exact) mass is 305 g/mol. The molecule has 0 saturated carbocycles. The van der Waals surface area contributed by atoms with Crippen LogP contribution in [-0.4, -0.2) is 34.9 Å². The van der Waals surface area contributed by atoms with Gasteiger partial charge in [-0.1, -0.05) is 29.3 Å². The Bertz CT molecular complexity index is 450. The molecule has 106 valence electrons. The summed E-state index contributed by atoms with van der Waals surface area (Å²) < 4.78 is 0. The van der Waals surface area contributed by atoms with Gasteiger partial charge in [-0.15, -0.1) is 0 Å². The Labute approximate surface area is 122 Å². The summed E-state index contributed by atoms with van der Waals surface area (Å²) >= 11 is 11.8. The van der Waals surface area contributed by atoms with Crippen LogP contribution in [0.25, 0.3) is 0 Å². The van der Waals surface area contributed by atoms with Gasteiger partial charge in [0.15, 0.2) is 0 Å². The van der Waals surface area contributed by atoms with E-state index in [1.165, 1.54) is 6.92 Å². The molecule has 1 unspecified atom stereocenters. The van der Waals surface area contributed by atoms with Gasteiger partial charge in [-0.3, -0.25) is 4.79 Å². The zero-order valence-corrected chi connectivity index (χ0v) is 12.1. The van der Waals surface area contributed by atoms with Crippen LogP contribution >= 0.6 is 23.2 Å². The van der Waals surface area contributed by atoms with Crippen LogP contribution in [-0.2, 0) is 11.2 Å². The highest BCUT2D eigenvalue weighted by atomic mass is 35.5. The van der Waals surface area contributed by atoms with Crippen molar-refractivity contribution in [3.05, 3.63) is 33.8 Å². The molecule has 1 aromatic rings. The third-order valence-corrected chi connectivity index (χ3v) is 3.23. The fraction of sp³-hybridized carbons (Fsp3) is 0.462. The number of hydrogen-bond donors (Lipinski definition) is 3. The molecule has 0 aliphatic heterocycles. The summed E-state index contributed by atoms with van der Waals surface area (Å²) in [4.78, 5) is 11.6. The van der Waals surface area contributed by atoms with Crippen LogP contribution in [0.1, 0.15) is 18.9 Å². The van der Waals surface area contributed by atoms with Crippen molar-refractivity contribution in [2.75, 3.05) is 13.2 Å². The van der Waals surface area contributed by atoms with E-state index in [0.717, 1.165) is 5.56 Å². The molecule has 3 N–H and O–H groups in total. The number of benzene rings is 1. The fourth-order valence-electron chi connectivity index (χ4n) is 1.41. The first-order valence-corrected chi connectivity index (χ1v) is 6.63. The van der Waals surface area contributed by atoms with Crippen molar-refractivity contribution in [2.45, 2.75) is 25.4 Å². The maximum Gasteiger partial charge on any atom is 0.220 e. The largest absolute Gasteiger partial charge is 0.393 e. The molecule has 0 fully saturated rings. The quantitative estimate of drug-likeness (QED) is 0.750. The molecule has 0 saturated heterocycles. The first-order valence-electron chi connectivity index (χ1n) is 5.88. The summed E-state index contributed by atoms with van der Waals surface area (Å²) in [5, 5.41) is 22.0. The Morgan fingerprint density at radius 3 is 2.68 bits per heavy atom.